The topological polar surface area (TPSA) is 69.2 Å². The zero-order chi connectivity index (χ0) is 18.8. The van der Waals surface area contributed by atoms with Gasteiger partial charge in [0, 0.05) is 11.1 Å². The quantitative estimate of drug-likeness (QED) is 0.451. The fourth-order valence-corrected chi connectivity index (χ4v) is 2.15. The first-order valence-corrected chi connectivity index (χ1v) is 7.99. The molecule has 0 atom stereocenters. The van der Waals surface area contributed by atoms with Crippen molar-refractivity contribution in [1.29, 1.82) is 0 Å². The molecule has 1 amide bonds. The third-order valence-electron chi connectivity index (χ3n) is 3.33. The van der Waals surface area contributed by atoms with E-state index in [9.17, 15) is 4.79 Å². The molecule has 6 heteroatoms. The van der Waals surface area contributed by atoms with Crippen molar-refractivity contribution < 1.29 is 19.0 Å². The molecular formula is C20H20N2O4. The molecule has 0 unspecified atom stereocenters. The van der Waals surface area contributed by atoms with Gasteiger partial charge in [-0.1, -0.05) is 18.1 Å². The lowest BCUT2D eigenvalue weighted by Gasteiger charge is -2.10. The molecule has 134 valence electrons. The van der Waals surface area contributed by atoms with Gasteiger partial charge in [-0.15, -0.1) is 6.42 Å². The number of para-hydroxylation sites is 1. The number of nitrogens with one attached hydrogen (secondary N) is 1. The molecule has 2 aromatic carbocycles. The maximum Gasteiger partial charge on any atom is 0.271 e. The van der Waals surface area contributed by atoms with Crippen LogP contribution in [0.3, 0.4) is 0 Å². The van der Waals surface area contributed by atoms with Crippen LogP contribution in [0.1, 0.15) is 22.8 Å². The highest BCUT2D eigenvalue weighted by Crippen LogP contribution is 2.28. The van der Waals surface area contributed by atoms with Crippen LogP contribution in [0, 0.1) is 12.3 Å². The van der Waals surface area contributed by atoms with Crippen molar-refractivity contribution in [2.24, 2.45) is 5.10 Å². The van der Waals surface area contributed by atoms with Crippen molar-refractivity contribution in [3.05, 3.63) is 53.6 Å². The van der Waals surface area contributed by atoms with Crippen molar-refractivity contribution in [1.82, 2.24) is 5.43 Å². The number of hydrogen-bond donors (Lipinski definition) is 1. The number of carbonyl (C=O) groups excluding carboxylic acids is 1. The number of ether oxygens (including phenoxy) is 3. The Morgan fingerprint density at radius 2 is 2.00 bits per heavy atom. The van der Waals surface area contributed by atoms with Crippen LogP contribution in [0.25, 0.3) is 0 Å². The Labute approximate surface area is 152 Å². The zero-order valence-electron chi connectivity index (χ0n) is 14.7. The molecule has 0 fully saturated rings. The van der Waals surface area contributed by atoms with Crippen LogP contribution >= 0.6 is 0 Å². The molecule has 0 aliphatic carbocycles. The molecule has 0 spiro atoms. The van der Waals surface area contributed by atoms with Gasteiger partial charge in [-0.3, -0.25) is 4.79 Å². The number of nitrogens with zero attached hydrogens (tertiary/aromatic N) is 1. The Bertz CT molecular complexity index is 825. The fourth-order valence-electron chi connectivity index (χ4n) is 2.15. The second-order valence-corrected chi connectivity index (χ2v) is 5.03. The van der Waals surface area contributed by atoms with Crippen LogP contribution in [-0.4, -0.2) is 32.4 Å². The van der Waals surface area contributed by atoms with Gasteiger partial charge >= 0.3 is 0 Å². The van der Waals surface area contributed by atoms with Crippen molar-refractivity contribution in [3.8, 4) is 29.6 Å². The Balaban J connectivity index is 2.07. The van der Waals surface area contributed by atoms with Gasteiger partial charge in [0.05, 0.1) is 19.9 Å². The number of methoxy groups -OCH3 is 1. The number of amides is 1. The fraction of sp³-hybridized carbons (Fsp3) is 0.200. The predicted molar refractivity (Wildman–Crippen MR) is 100.0 cm³/mol. The lowest BCUT2D eigenvalue weighted by atomic mass is 10.2. The van der Waals surface area contributed by atoms with E-state index in [2.05, 4.69) is 16.4 Å². The molecule has 26 heavy (non-hydrogen) atoms. The molecule has 0 aliphatic rings. The molecule has 0 bridgehead atoms. The Morgan fingerprint density at radius 1 is 1.19 bits per heavy atom. The van der Waals surface area contributed by atoms with E-state index < -0.39 is 0 Å². The van der Waals surface area contributed by atoms with Gasteiger partial charge < -0.3 is 14.2 Å². The number of terminal acetylenes is 1. The van der Waals surface area contributed by atoms with Crippen molar-refractivity contribution >= 4 is 12.1 Å². The summed E-state index contributed by atoms with van der Waals surface area (Å²) in [5.41, 5.74) is 3.58. The van der Waals surface area contributed by atoms with E-state index in [1.54, 1.807) is 30.3 Å². The van der Waals surface area contributed by atoms with E-state index in [-0.39, 0.29) is 12.5 Å². The SMILES string of the molecule is C#CCOc1ccccc1/C=N/NC(=O)c1ccc(OCC)c(OC)c1. The molecule has 2 rings (SSSR count). The number of hydrogen-bond acceptors (Lipinski definition) is 5. The molecular weight excluding hydrogens is 332 g/mol. The van der Waals surface area contributed by atoms with E-state index in [1.807, 2.05) is 19.1 Å². The lowest BCUT2D eigenvalue weighted by Crippen LogP contribution is -2.17. The maximum absolute atomic E-state index is 12.3. The van der Waals surface area contributed by atoms with Crippen molar-refractivity contribution in [2.45, 2.75) is 6.92 Å². The van der Waals surface area contributed by atoms with Crippen LogP contribution in [0.5, 0.6) is 17.2 Å². The first-order chi connectivity index (χ1) is 12.7. The maximum atomic E-state index is 12.3. The zero-order valence-corrected chi connectivity index (χ0v) is 14.7. The minimum absolute atomic E-state index is 0.156. The highest BCUT2D eigenvalue weighted by molar-refractivity contribution is 5.95. The van der Waals surface area contributed by atoms with Gasteiger partial charge in [-0.2, -0.15) is 5.10 Å². The first-order valence-electron chi connectivity index (χ1n) is 7.99. The minimum Gasteiger partial charge on any atom is -0.493 e. The van der Waals surface area contributed by atoms with Gasteiger partial charge in [-0.25, -0.2) is 5.43 Å². The summed E-state index contributed by atoms with van der Waals surface area (Å²) in [4.78, 5) is 12.3. The van der Waals surface area contributed by atoms with E-state index in [1.165, 1.54) is 13.3 Å². The average molecular weight is 352 g/mol. The summed E-state index contributed by atoms with van der Waals surface area (Å²) in [6, 6.07) is 12.2. The lowest BCUT2D eigenvalue weighted by molar-refractivity contribution is 0.0954. The van der Waals surface area contributed by atoms with Crippen molar-refractivity contribution in [3.63, 3.8) is 0 Å². The third-order valence-corrected chi connectivity index (χ3v) is 3.33. The highest BCUT2D eigenvalue weighted by atomic mass is 16.5. The Kier molecular flexibility index (Phi) is 7.07. The summed E-state index contributed by atoms with van der Waals surface area (Å²) >= 11 is 0. The molecule has 0 saturated heterocycles. The third kappa shape index (κ3) is 5.02. The highest BCUT2D eigenvalue weighted by Gasteiger charge is 2.10. The molecule has 1 N–H and O–H groups in total. The van der Waals surface area contributed by atoms with Crippen LogP contribution in [0.15, 0.2) is 47.6 Å². The summed E-state index contributed by atoms with van der Waals surface area (Å²) in [5, 5.41) is 3.97. The van der Waals surface area contributed by atoms with Crippen molar-refractivity contribution in [2.75, 3.05) is 20.3 Å². The average Bonchev–Trinajstić information content (AvgIpc) is 2.67. The van der Waals surface area contributed by atoms with Crippen LogP contribution in [0.2, 0.25) is 0 Å². The molecule has 0 heterocycles. The first kappa shape index (κ1) is 18.9. The summed E-state index contributed by atoms with van der Waals surface area (Å²) in [5.74, 6) is 3.68. The molecule has 0 aromatic heterocycles. The number of benzene rings is 2. The molecule has 0 saturated carbocycles. The van der Waals surface area contributed by atoms with Gasteiger partial charge in [0.1, 0.15) is 12.4 Å². The van der Waals surface area contributed by atoms with Crippen LogP contribution < -0.4 is 19.6 Å². The summed E-state index contributed by atoms with van der Waals surface area (Å²) < 4.78 is 16.1. The summed E-state index contributed by atoms with van der Waals surface area (Å²) in [6.07, 6.45) is 6.69. The van der Waals surface area contributed by atoms with E-state index in [0.717, 1.165) is 0 Å². The molecule has 0 aliphatic heterocycles. The van der Waals surface area contributed by atoms with Crippen LogP contribution in [0.4, 0.5) is 0 Å². The second kappa shape index (κ2) is 9.74. The van der Waals surface area contributed by atoms with Crippen LogP contribution in [-0.2, 0) is 0 Å². The normalized spacial score (nSPS) is 10.2. The van der Waals surface area contributed by atoms with Gasteiger partial charge in [-0.05, 0) is 37.3 Å². The Morgan fingerprint density at radius 3 is 2.73 bits per heavy atom. The Hall–Kier alpha value is -3.46. The van der Waals surface area contributed by atoms with E-state index in [4.69, 9.17) is 20.6 Å². The smallest absolute Gasteiger partial charge is 0.271 e. The largest absolute Gasteiger partial charge is 0.493 e. The number of carbonyl (C=O) groups is 1. The van der Waals surface area contributed by atoms with Gasteiger partial charge in [0.2, 0.25) is 0 Å². The molecule has 2 aromatic rings. The monoisotopic (exact) mass is 352 g/mol. The standard InChI is InChI=1S/C20H20N2O4/c1-4-12-26-17-9-7-6-8-16(17)14-21-22-20(23)15-10-11-18(25-5-2)19(13-15)24-3/h1,6-11,13-14H,5,12H2,2-3H3,(H,22,23)/b21-14+. The summed E-state index contributed by atoms with van der Waals surface area (Å²) in [6.45, 7) is 2.54. The number of hydrazone groups is 1. The summed E-state index contributed by atoms with van der Waals surface area (Å²) in [7, 11) is 1.52. The van der Waals surface area contributed by atoms with Gasteiger partial charge in [0.25, 0.3) is 5.91 Å². The minimum atomic E-state index is -0.371. The van der Waals surface area contributed by atoms with Gasteiger partial charge in [0.15, 0.2) is 11.5 Å². The number of rotatable bonds is 8. The second-order valence-electron chi connectivity index (χ2n) is 5.03. The van der Waals surface area contributed by atoms with E-state index in [0.29, 0.717) is 35.0 Å². The predicted octanol–water partition coefficient (Wildman–Crippen LogP) is 2.87. The van der Waals surface area contributed by atoms with E-state index >= 15 is 0 Å². The molecule has 0 radical (unpaired) electrons. The molecule has 6 nitrogen and oxygen atoms in total.